The van der Waals surface area contributed by atoms with Crippen molar-refractivity contribution < 1.29 is 0 Å². The van der Waals surface area contributed by atoms with Crippen molar-refractivity contribution in [3.05, 3.63) is 51.9 Å². The van der Waals surface area contributed by atoms with Gasteiger partial charge < -0.3 is 10.6 Å². The maximum Gasteiger partial charge on any atom is 0.259 e. The van der Waals surface area contributed by atoms with Crippen LogP contribution in [0, 0.1) is 0 Å². The summed E-state index contributed by atoms with van der Waals surface area (Å²) in [5, 5.41) is 8.51. The predicted octanol–water partition coefficient (Wildman–Crippen LogP) is 4.37. The lowest BCUT2D eigenvalue weighted by Gasteiger charge is -2.46. The Kier molecular flexibility index (Phi) is 5.11. The topological polar surface area (TPSA) is 71.8 Å². The molecule has 6 nitrogen and oxygen atoms in total. The van der Waals surface area contributed by atoms with E-state index >= 15 is 0 Å². The van der Waals surface area contributed by atoms with Crippen LogP contribution in [-0.4, -0.2) is 31.7 Å². The van der Waals surface area contributed by atoms with Crippen LogP contribution in [0.3, 0.4) is 0 Å². The fourth-order valence-electron chi connectivity index (χ4n) is 4.80. The molecule has 0 bridgehead atoms. The number of hydrogen-bond acceptors (Lipinski definition) is 5. The molecule has 158 valence electrons. The number of benzene rings is 1. The van der Waals surface area contributed by atoms with Crippen molar-refractivity contribution in [3.63, 3.8) is 0 Å². The number of anilines is 1. The number of halogens is 1. The van der Waals surface area contributed by atoms with Gasteiger partial charge in [-0.15, -0.1) is 0 Å². The molecule has 3 aromatic rings. The molecule has 1 fully saturated rings. The van der Waals surface area contributed by atoms with E-state index in [4.69, 9.17) is 11.6 Å². The highest BCUT2D eigenvalue weighted by atomic mass is 35.5. The van der Waals surface area contributed by atoms with Crippen molar-refractivity contribution in [3.8, 4) is 11.1 Å². The maximum atomic E-state index is 13.0. The summed E-state index contributed by atoms with van der Waals surface area (Å²) in [4.78, 5) is 22.2. The Morgan fingerprint density at radius 1 is 1.13 bits per heavy atom. The molecule has 2 aromatic heterocycles. The van der Waals surface area contributed by atoms with E-state index in [-0.39, 0.29) is 22.7 Å². The van der Waals surface area contributed by atoms with Crippen LogP contribution in [-0.2, 0) is 7.05 Å². The summed E-state index contributed by atoms with van der Waals surface area (Å²) in [5.74, 6) is 0.543. The molecule has 1 aliphatic heterocycles. The van der Waals surface area contributed by atoms with Gasteiger partial charge in [-0.3, -0.25) is 9.36 Å². The Balaban J connectivity index is 1.70. The van der Waals surface area contributed by atoms with Gasteiger partial charge in [0.25, 0.3) is 5.56 Å². The second kappa shape index (κ2) is 7.36. The summed E-state index contributed by atoms with van der Waals surface area (Å²) in [6.07, 6.45) is 3.69. The van der Waals surface area contributed by atoms with Gasteiger partial charge in [-0.05, 0) is 52.7 Å². The molecule has 0 aliphatic carbocycles. The quantitative estimate of drug-likeness (QED) is 0.651. The number of nitrogens with one attached hydrogen (secondary N) is 2. The van der Waals surface area contributed by atoms with E-state index in [2.05, 4.69) is 48.3 Å². The molecule has 1 aliphatic rings. The molecule has 3 heterocycles. The summed E-state index contributed by atoms with van der Waals surface area (Å²) >= 11 is 6.32. The van der Waals surface area contributed by atoms with Crippen molar-refractivity contribution in [2.45, 2.75) is 57.7 Å². The first-order valence-electron chi connectivity index (χ1n) is 10.2. The van der Waals surface area contributed by atoms with Crippen LogP contribution in [0.2, 0.25) is 5.02 Å². The zero-order valence-electron chi connectivity index (χ0n) is 18.1. The maximum absolute atomic E-state index is 13.0. The van der Waals surface area contributed by atoms with Gasteiger partial charge in [-0.25, -0.2) is 4.98 Å². The SMILES string of the molecule is Cn1c(=O)c(-c2ccccc2Cl)cc2cnc(NC3CC(C)(C)NC(C)(C)C3)nc21. The Morgan fingerprint density at radius 3 is 2.47 bits per heavy atom. The van der Waals surface area contributed by atoms with Crippen molar-refractivity contribution >= 4 is 28.6 Å². The van der Waals surface area contributed by atoms with E-state index in [1.54, 1.807) is 23.9 Å². The molecular weight excluding hydrogens is 398 g/mol. The van der Waals surface area contributed by atoms with Gasteiger partial charge in [0.2, 0.25) is 5.95 Å². The summed E-state index contributed by atoms with van der Waals surface area (Å²) in [6, 6.07) is 9.42. The molecule has 7 heteroatoms. The van der Waals surface area contributed by atoms with Crippen LogP contribution in [0.15, 0.2) is 41.3 Å². The average Bonchev–Trinajstić information content (AvgIpc) is 2.63. The highest BCUT2D eigenvalue weighted by Crippen LogP contribution is 2.30. The number of nitrogens with zero attached hydrogens (tertiary/aromatic N) is 3. The first-order chi connectivity index (χ1) is 14.0. The minimum atomic E-state index is -0.135. The van der Waals surface area contributed by atoms with Gasteiger partial charge in [0.1, 0.15) is 5.65 Å². The number of fused-ring (bicyclic) bond motifs is 1. The Morgan fingerprint density at radius 2 is 1.80 bits per heavy atom. The fraction of sp³-hybridized carbons (Fsp3) is 0.435. The van der Waals surface area contributed by atoms with Crippen LogP contribution in [0.25, 0.3) is 22.2 Å². The molecule has 1 saturated heterocycles. The van der Waals surface area contributed by atoms with Crippen molar-refractivity contribution in [1.82, 2.24) is 19.9 Å². The number of aromatic nitrogens is 3. The Hall–Kier alpha value is -2.44. The monoisotopic (exact) mass is 425 g/mol. The summed E-state index contributed by atoms with van der Waals surface area (Å²) < 4.78 is 1.57. The van der Waals surface area contributed by atoms with Crippen LogP contribution < -0.4 is 16.2 Å². The van der Waals surface area contributed by atoms with Crippen LogP contribution in [0.5, 0.6) is 0 Å². The molecule has 1 aromatic carbocycles. The third-order valence-corrected chi connectivity index (χ3v) is 5.97. The zero-order chi connectivity index (χ0) is 21.7. The molecule has 0 atom stereocenters. The highest BCUT2D eigenvalue weighted by Gasteiger charge is 2.37. The van der Waals surface area contributed by atoms with E-state index in [0.29, 0.717) is 27.7 Å². The van der Waals surface area contributed by atoms with Crippen LogP contribution in [0.1, 0.15) is 40.5 Å². The fourth-order valence-corrected chi connectivity index (χ4v) is 5.03. The number of rotatable bonds is 3. The molecule has 2 N–H and O–H groups in total. The standard InChI is InChI=1S/C23H28ClN5O/c1-22(2)11-15(12-23(3,4)28-22)26-21-25-13-14-10-17(16-8-6-7-9-18(16)24)20(30)29(5)19(14)27-21/h6-10,13,15,28H,11-12H2,1-5H3,(H,25,26,27). The molecule has 4 rings (SSSR count). The molecule has 30 heavy (non-hydrogen) atoms. The molecule has 0 spiro atoms. The predicted molar refractivity (Wildman–Crippen MR) is 123 cm³/mol. The minimum Gasteiger partial charge on any atom is -0.351 e. The molecule has 0 radical (unpaired) electrons. The largest absolute Gasteiger partial charge is 0.351 e. The van der Waals surface area contributed by atoms with Gasteiger partial charge >= 0.3 is 0 Å². The molecular formula is C23H28ClN5O. The van der Waals surface area contributed by atoms with E-state index in [9.17, 15) is 4.79 Å². The summed E-state index contributed by atoms with van der Waals surface area (Å²) in [6.45, 7) is 8.85. The summed E-state index contributed by atoms with van der Waals surface area (Å²) in [7, 11) is 1.73. The van der Waals surface area contributed by atoms with Gasteiger partial charge in [0, 0.05) is 51.9 Å². The van der Waals surface area contributed by atoms with E-state index in [1.807, 2.05) is 24.3 Å². The number of aryl methyl sites for hydroxylation is 1. The molecule has 0 unspecified atom stereocenters. The third-order valence-electron chi connectivity index (χ3n) is 5.64. The van der Waals surface area contributed by atoms with E-state index < -0.39 is 0 Å². The van der Waals surface area contributed by atoms with E-state index in [1.165, 1.54) is 0 Å². The Bertz CT molecular complexity index is 1150. The first kappa shape index (κ1) is 20.8. The lowest BCUT2D eigenvalue weighted by atomic mass is 9.80. The first-order valence-corrected chi connectivity index (χ1v) is 10.6. The smallest absolute Gasteiger partial charge is 0.259 e. The van der Waals surface area contributed by atoms with Crippen molar-refractivity contribution in [1.29, 1.82) is 0 Å². The van der Waals surface area contributed by atoms with Crippen LogP contribution in [0.4, 0.5) is 5.95 Å². The zero-order valence-corrected chi connectivity index (χ0v) is 18.8. The van der Waals surface area contributed by atoms with E-state index in [0.717, 1.165) is 18.2 Å². The second-order valence-electron chi connectivity index (χ2n) is 9.52. The lowest BCUT2D eigenvalue weighted by molar-refractivity contribution is 0.170. The lowest BCUT2D eigenvalue weighted by Crippen LogP contribution is -2.60. The van der Waals surface area contributed by atoms with Gasteiger partial charge in [-0.1, -0.05) is 29.8 Å². The van der Waals surface area contributed by atoms with Crippen molar-refractivity contribution in [2.24, 2.45) is 7.05 Å². The second-order valence-corrected chi connectivity index (χ2v) is 9.92. The highest BCUT2D eigenvalue weighted by molar-refractivity contribution is 6.33. The Labute approximate surface area is 181 Å². The number of pyridine rings is 1. The van der Waals surface area contributed by atoms with Gasteiger partial charge in [-0.2, -0.15) is 4.98 Å². The summed E-state index contributed by atoms with van der Waals surface area (Å²) in [5.41, 5.74) is 1.76. The van der Waals surface area contributed by atoms with Crippen molar-refractivity contribution in [2.75, 3.05) is 5.32 Å². The normalized spacial score (nSPS) is 18.5. The molecule has 0 saturated carbocycles. The third kappa shape index (κ3) is 4.07. The number of piperidine rings is 1. The van der Waals surface area contributed by atoms with Crippen LogP contribution >= 0.6 is 11.6 Å². The van der Waals surface area contributed by atoms with Gasteiger partial charge in [0.05, 0.1) is 0 Å². The average molecular weight is 426 g/mol. The minimum absolute atomic E-state index is 0.0208. The van der Waals surface area contributed by atoms with Gasteiger partial charge in [0.15, 0.2) is 0 Å². The molecule has 0 amide bonds. The number of hydrogen-bond donors (Lipinski definition) is 2.